The summed E-state index contributed by atoms with van der Waals surface area (Å²) in [7, 11) is 0. The molecule has 9 heteroatoms. The third kappa shape index (κ3) is 2.38. The van der Waals surface area contributed by atoms with Crippen LogP contribution in [0.5, 0.6) is 11.5 Å². The van der Waals surface area contributed by atoms with Crippen molar-refractivity contribution in [1.82, 2.24) is 4.90 Å². The summed E-state index contributed by atoms with van der Waals surface area (Å²) in [5.74, 6) is -0.0889. The molecule has 1 N–H and O–H groups in total. The minimum atomic E-state index is -3.70. The van der Waals surface area contributed by atoms with Crippen molar-refractivity contribution in [1.29, 1.82) is 0 Å². The molecule has 2 fully saturated rings. The van der Waals surface area contributed by atoms with Gasteiger partial charge < -0.3 is 19.7 Å². The van der Waals surface area contributed by atoms with Gasteiger partial charge in [-0.2, -0.15) is 0 Å². The largest absolute Gasteiger partial charge is 0.586 e. The molecule has 128 valence electrons. The van der Waals surface area contributed by atoms with Gasteiger partial charge in [-0.15, -0.1) is 20.5 Å². The van der Waals surface area contributed by atoms with Crippen LogP contribution in [0.1, 0.15) is 19.8 Å². The SMILES string of the molecule is CC12CCC(=O)N1C(C(=O)Nc1ccc3c(c1)OC(F)(F)O3)CS2. The Kier molecular flexibility index (Phi) is 3.22. The van der Waals surface area contributed by atoms with Crippen molar-refractivity contribution < 1.29 is 27.8 Å². The lowest BCUT2D eigenvalue weighted by Gasteiger charge is -2.29. The van der Waals surface area contributed by atoms with Crippen molar-refractivity contribution in [2.75, 3.05) is 11.1 Å². The average molecular weight is 356 g/mol. The number of amides is 2. The van der Waals surface area contributed by atoms with Crippen LogP contribution in [0.2, 0.25) is 0 Å². The number of alkyl halides is 2. The first-order valence-electron chi connectivity index (χ1n) is 7.44. The maximum atomic E-state index is 13.0. The van der Waals surface area contributed by atoms with Crippen LogP contribution in [0.15, 0.2) is 18.2 Å². The van der Waals surface area contributed by atoms with Crippen LogP contribution in [-0.2, 0) is 9.59 Å². The highest BCUT2D eigenvalue weighted by Gasteiger charge is 2.53. The van der Waals surface area contributed by atoms with Gasteiger partial charge in [0.25, 0.3) is 0 Å². The molecule has 0 spiro atoms. The Hall–Kier alpha value is -2.03. The number of nitrogens with zero attached hydrogens (tertiary/aromatic N) is 1. The van der Waals surface area contributed by atoms with Crippen molar-refractivity contribution in [3.63, 3.8) is 0 Å². The Labute approximate surface area is 140 Å². The molecule has 2 amide bonds. The second kappa shape index (κ2) is 4.98. The third-order valence-electron chi connectivity index (χ3n) is 4.42. The van der Waals surface area contributed by atoms with Gasteiger partial charge in [-0.05, 0) is 25.5 Å². The van der Waals surface area contributed by atoms with Crippen molar-refractivity contribution >= 4 is 29.3 Å². The highest BCUT2D eigenvalue weighted by molar-refractivity contribution is 8.01. The van der Waals surface area contributed by atoms with E-state index in [9.17, 15) is 18.4 Å². The predicted octanol–water partition coefficient (Wildman–Crippen LogP) is 2.40. The number of hydrogen-bond acceptors (Lipinski definition) is 5. The van der Waals surface area contributed by atoms with E-state index in [0.29, 0.717) is 17.9 Å². The summed E-state index contributed by atoms with van der Waals surface area (Å²) in [5, 5.41) is 2.66. The lowest BCUT2D eigenvalue weighted by Crippen LogP contribution is -2.48. The van der Waals surface area contributed by atoms with E-state index in [0.717, 1.165) is 6.42 Å². The van der Waals surface area contributed by atoms with Crippen LogP contribution in [-0.4, -0.2) is 39.7 Å². The molecule has 3 heterocycles. The molecule has 2 unspecified atom stereocenters. The van der Waals surface area contributed by atoms with Gasteiger partial charge in [-0.25, -0.2) is 0 Å². The summed E-state index contributed by atoms with van der Waals surface area (Å²) in [6.07, 6.45) is -2.54. The van der Waals surface area contributed by atoms with Gasteiger partial charge >= 0.3 is 6.29 Å². The standard InChI is InChI=1S/C15H14F2N2O4S/c1-14-5-4-12(20)19(14)9(7-24-14)13(21)18-8-2-3-10-11(6-8)23-15(16,17)22-10/h2-3,6,9H,4-5,7H2,1H3,(H,18,21). The Morgan fingerprint density at radius 1 is 1.38 bits per heavy atom. The number of carbonyl (C=O) groups excluding carboxylic acids is 2. The zero-order valence-corrected chi connectivity index (χ0v) is 13.5. The molecule has 2 atom stereocenters. The van der Waals surface area contributed by atoms with Crippen molar-refractivity contribution in [2.24, 2.45) is 0 Å². The highest BCUT2D eigenvalue weighted by atomic mass is 32.2. The first kappa shape index (κ1) is 15.5. The lowest BCUT2D eigenvalue weighted by molar-refractivity contribution is -0.286. The fraction of sp³-hybridized carbons (Fsp3) is 0.467. The summed E-state index contributed by atoms with van der Waals surface area (Å²) in [6.45, 7) is 1.96. The van der Waals surface area contributed by atoms with Crippen LogP contribution >= 0.6 is 11.8 Å². The molecule has 6 nitrogen and oxygen atoms in total. The number of thioether (sulfide) groups is 1. The number of hydrogen-bond donors (Lipinski definition) is 1. The number of anilines is 1. The number of nitrogens with one attached hydrogen (secondary N) is 1. The molecule has 0 saturated carbocycles. The highest BCUT2D eigenvalue weighted by Crippen LogP contribution is 2.47. The fourth-order valence-electron chi connectivity index (χ4n) is 3.27. The molecule has 0 radical (unpaired) electrons. The molecule has 24 heavy (non-hydrogen) atoms. The smallest absolute Gasteiger partial charge is 0.395 e. The van der Waals surface area contributed by atoms with Gasteiger partial charge in [0.15, 0.2) is 11.5 Å². The number of ether oxygens (including phenoxy) is 2. The van der Waals surface area contributed by atoms with Crippen molar-refractivity contribution in [3.8, 4) is 11.5 Å². The summed E-state index contributed by atoms with van der Waals surface area (Å²) < 4.78 is 34.7. The topological polar surface area (TPSA) is 67.9 Å². The summed E-state index contributed by atoms with van der Waals surface area (Å²) >= 11 is 1.59. The first-order chi connectivity index (χ1) is 11.3. The monoisotopic (exact) mass is 356 g/mol. The van der Waals surface area contributed by atoms with Gasteiger partial charge in [0.2, 0.25) is 11.8 Å². The normalized spacial score (nSPS) is 29.7. The van der Waals surface area contributed by atoms with Gasteiger partial charge in [0, 0.05) is 23.9 Å². The van der Waals surface area contributed by atoms with E-state index >= 15 is 0 Å². The quantitative estimate of drug-likeness (QED) is 0.881. The molecule has 4 rings (SSSR count). The number of benzene rings is 1. The molecule has 1 aromatic carbocycles. The summed E-state index contributed by atoms with van der Waals surface area (Å²) in [5.41, 5.74) is 0.310. The Bertz CT molecular complexity index is 744. The number of halogens is 2. The molecule has 1 aromatic rings. The second-order valence-electron chi connectivity index (χ2n) is 6.08. The molecule has 3 aliphatic heterocycles. The number of carbonyl (C=O) groups is 2. The molecular weight excluding hydrogens is 342 g/mol. The van der Waals surface area contributed by atoms with E-state index in [-0.39, 0.29) is 28.2 Å². The van der Waals surface area contributed by atoms with E-state index in [2.05, 4.69) is 14.8 Å². The first-order valence-corrected chi connectivity index (χ1v) is 8.43. The van der Waals surface area contributed by atoms with E-state index in [1.165, 1.54) is 18.2 Å². The van der Waals surface area contributed by atoms with Crippen LogP contribution in [0.25, 0.3) is 0 Å². The molecule has 2 saturated heterocycles. The number of fused-ring (bicyclic) bond motifs is 2. The summed E-state index contributed by atoms with van der Waals surface area (Å²) in [4.78, 5) is 25.9. The Morgan fingerprint density at radius 3 is 2.92 bits per heavy atom. The second-order valence-corrected chi connectivity index (χ2v) is 7.59. The van der Waals surface area contributed by atoms with Gasteiger partial charge in [-0.1, -0.05) is 0 Å². The minimum absolute atomic E-state index is 0.0343. The Morgan fingerprint density at radius 2 is 2.12 bits per heavy atom. The zero-order valence-electron chi connectivity index (χ0n) is 12.7. The van der Waals surface area contributed by atoms with E-state index in [1.807, 2.05) is 6.92 Å². The maximum Gasteiger partial charge on any atom is 0.586 e. The third-order valence-corrected chi connectivity index (χ3v) is 5.92. The summed E-state index contributed by atoms with van der Waals surface area (Å²) in [6, 6.07) is 3.47. The molecular formula is C15H14F2N2O4S. The number of rotatable bonds is 2. The fourth-order valence-corrected chi connectivity index (χ4v) is 4.70. The van der Waals surface area contributed by atoms with Crippen molar-refractivity contribution in [2.45, 2.75) is 37.0 Å². The van der Waals surface area contributed by atoms with Crippen LogP contribution < -0.4 is 14.8 Å². The van der Waals surface area contributed by atoms with Gasteiger partial charge in [-0.3, -0.25) is 9.59 Å². The van der Waals surface area contributed by atoms with Crippen molar-refractivity contribution in [3.05, 3.63) is 18.2 Å². The van der Waals surface area contributed by atoms with E-state index < -0.39 is 12.3 Å². The maximum absolute atomic E-state index is 13.0. The molecule has 0 bridgehead atoms. The lowest BCUT2D eigenvalue weighted by atomic mass is 10.2. The minimum Gasteiger partial charge on any atom is -0.395 e. The van der Waals surface area contributed by atoms with Gasteiger partial charge in [0.1, 0.15) is 6.04 Å². The average Bonchev–Trinajstić information content (AvgIpc) is 3.09. The van der Waals surface area contributed by atoms with E-state index in [4.69, 9.17) is 0 Å². The Balaban J connectivity index is 1.51. The van der Waals surface area contributed by atoms with Gasteiger partial charge in [0.05, 0.1) is 4.87 Å². The van der Waals surface area contributed by atoms with Crippen LogP contribution in [0.3, 0.4) is 0 Å². The van der Waals surface area contributed by atoms with Crippen LogP contribution in [0, 0.1) is 0 Å². The predicted molar refractivity (Wildman–Crippen MR) is 82.0 cm³/mol. The zero-order chi connectivity index (χ0) is 17.1. The van der Waals surface area contributed by atoms with E-state index in [1.54, 1.807) is 16.7 Å². The molecule has 3 aliphatic rings. The molecule has 0 aliphatic carbocycles. The molecule has 0 aromatic heterocycles. The van der Waals surface area contributed by atoms with Crippen LogP contribution in [0.4, 0.5) is 14.5 Å².